The molecule has 194 valence electrons. The quantitative estimate of drug-likeness (QED) is 0.218. The number of fused-ring (bicyclic) bond motifs is 2. The van der Waals surface area contributed by atoms with Crippen molar-refractivity contribution in [2.24, 2.45) is 0 Å². The maximum Gasteiger partial charge on any atom is 0.242 e. The van der Waals surface area contributed by atoms with Gasteiger partial charge in [0, 0.05) is 33.8 Å². The Morgan fingerprint density at radius 2 is 1.62 bits per heavy atom. The summed E-state index contributed by atoms with van der Waals surface area (Å²) in [6.07, 6.45) is 3.43. The Balaban J connectivity index is 1.39. The second-order valence-corrected chi connectivity index (χ2v) is 10.5. The number of hydrogen-bond donors (Lipinski definition) is 0. The highest BCUT2D eigenvalue weighted by molar-refractivity contribution is 8.00. The molecule has 0 saturated carbocycles. The van der Waals surface area contributed by atoms with Gasteiger partial charge in [-0.25, -0.2) is 0 Å². The summed E-state index contributed by atoms with van der Waals surface area (Å²) in [6, 6.07) is 25.2. The molecule has 0 saturated heterocycles. The lowest BCUT2D eigenvalue weighted by Crippen LogP contribution is -2.30. The largest absolute Gasteiger partial charge is 0.497 e. The predicted molar refractivity (Wildman–Crippen MR) is 153 cm³/mol. The topological polar surface area (TPSA) is 82.4 Å². The Labute approximate surface area is 234 Å². The van der Waals surface area contributed by atoms with Crippen LogP contribution in [0.4, 0.5) is 11.4 Å². The van der Waals surface area contributed by atoms with Crippen molar-refractivity contribution < 1.29 is 14.3 Å². The fraction of sp³-hybridized carbons (Fsp3) is 0.103. The molecule has 0 unspecified atom stereocenters. The van der Waals surface area contributed by atoms with Gasteiger partial charge in [0.25, 0.3) is 0 Å². The van der Waals surface area contributed by atoms with Crippen LogP contribution < -0.4 is 14.4 Å². The monoisotopic (exact) mass is 553 g/mol. The van der Waals surface area contributed by atoms with Gasteiger partial charge in [0.2, 0.25) is 5.91 Å². The van der Waals surface area contributed by atoms with E-state index in [1.165, 1.54) is 11.8 Å². The molecule has 6 rings (SSSR count). The molecule has 0 atom stereocenters. The normalized spacial score (nSPS) is 12.0. The van der Waals surface area contributed by atoms with E-state index in [1.54, 1.807) is 43.3 Å². The number of hydrogen-bond acceptors (Lipinski definition) is 8. The third-order valence-corrected chi connectivity index (χ3v) is 8.23. The number of carbonyl (C=O) groups is 1. The van der Waals surface area contributed by atoms with Gasteiger partial charge in [0.05, 0.1) is 37.0 Å². The van der Waals surface area contributed by atoms with Crippen molar-refractivity contribution in [1.82, 2.24) is 19.7 Å². The lowest BCUT2D eigenvalue weighted by molar-refractivity contribution is -0.115. The number of aromatic nitrogens is 4. The van der Waals surface area contributed by atoms with E-state index in [0.717, 1.165) is 26.7 Å². The molecule has 3 heterocycles. The molecule has 0 N–H and O–H groups in total. The minimum absolute atomic E-state index is 0.0599. The number of benzene rings is 3. The first-order valence-corrected chi connectivity index (χ1v) is 13.9. The summed E-state index contributed by atoms with van der Waals surface area (Å²) < 4.78 is 13.0. The fourth-order valence-electron chi connectivity index (χ4n) is 4.40. The molecule has 1 aliphatic rings. The number of carbonyl (C=O) groups excluding carboxylic acids is 1. The smallest absolute Gasteiger partial charge is 0.242 e. The number of nitrogens with zero attached hydrogens (tertiary/aromatic N) is 5. The molecule has 0 aliphatic carbocycles. The van der Waals surface area contributed by atoms with Crippen LogP contribution in [0.1, 0.15) is 0 Å². The highest BCUT2D eigenvalue weighted by Gasteiger charge is 2.29. The Kier molecular flexibility index (Phi) is 6.95. The van der Waals surface area contributed by atoms with E-state index in [0.29, 0.717) is 28.2 Å². The van der Waals surface area contributed by atoms with Gasteiger partial charge in [-0.1, -0.05) is 47.8 Å². The molecule has 3 aromatic carbocycles. The second-order valence-electron chi connectivity index (χ2n) is 8.48. The molecule has 5 aromatic rings. The molecule has 0 spiro atoms. The summed E-state index contributed by atoms with van der Waals surface area (Å²) >= 11 is 2.98. The Morgan fingerprint density at radius 1 is 0.872 bits per heavy atom. The number of anilines is 2. The Bertz CT molecular complexity index is 1610. The highest BCUT2D eigenvalue weighted by atomic mass is 32.2. The van der Waals surface area contributed by atoms with Crippen LogP contribution in [0.3, 0.4) is 0 Å². The second kappa shape index (κ2) is 10.8. The molecular weight excluding hydrogens is 530 g/mol. The summed E-state index contributed by atoms with van der Waals surface area (Å²) in [7, 11) is 3.22. The molecule has 0 bridgehead atoms. The number of thioether (sulfide) groups is 1. The molecule has 1 amide bonds. The van der Waals surface area contributed by atoms with Crippen molar-refractivity contribution in [3.8, 4) is 28.6 Å². The first kappa shape index (κ1) is 25.0. The molecular formula is C29H23N5O3S2. The van der Waals surface area contributed by atoms with Crippen molar-refractivity contribution in [3.05, 3.63) is 91.3 Å². The summed E-state index contributed by atoms with van der Waals surface area (Å²) in [5.41, 5.74) is 3.22. The van der Waals surface area contributed by atoms with E-state index in [9.17, 15) is 4.79 Å². The maximum atomic E-state index is 13.8. The summed E-state index contributed by atoms with van der Waals surface area (Å²) in [6.45, 7) is 0. The first-order valence-electron chi connectivity index (χ1n) is 12.1. The van der Waals surface area contributed by atoms with Gasteiger partial charge in [-0.15, -0.1) is 10.2 Å². The molecule has 8 nitrogen and oxygen atoms in total. The summed E-state index contributed by atoms with van der Waals surface area (Å²) in [4.78, 5) is 22.0. The zero-order valence-electron chi connectivity index (χ0n) is 21.1. The average Bonchev–Trinajstić information content (AvgIpc) is 3.42. The fourth-order valence-corrected chi connectivity index (χ4v) is 6.25. The molecule has 0 radical (unpaired) electrons. The Morgan fingerprint density at radius 3 is 2.28 bits per heavy atom. The molecule has 0 fully saturated rings. The van der Waals surface area contributed by atoms with E-state index in [-0.39, 0.29) is 11.7 Å². The SMILES string of the molecule is COc1ccc(OC)c(-n2c(SCC(=O)N3c4ccccc4Sc4ccccc43)nnc2-c2cccnc2)c1. The van der Waals surface area contributed by atoms with Gasteiger partial charge in [-0.05, 0) is 48.5 Å². The van der Waals surface area contributed by atoms with Gasteiger partial charge in [0.15, 0.2) is 11.0 Å². The Hall–Kier alpha value is -4.28. The van der Waals surface area contributed by atoms with Gasteiger partial charge in [0.1, 0.15) is 11.5 Å². The standard InChI is InChI=1S/C29H23N5O3S2/c1-36-20-13-14-24(37-2)23(16-20)34-28(19-8-7-15-30-17-19)31-32-29(34)38-18-27(35)33-21-9-3-5-11-25(21)39-26-12-6-4-10-22(26)33/h3-17H,18H2,1-2H3. The molecule has 39 heavy (non-hydrogen) atoms. The lowest BCUT2D eigenvalue weighted by atomic mass is 10.2. The van der Waals surface area contributed by atoms with Crippen LogP contribution in [-0.4, -0.2) is 45.6 Å². The van der Waals surface area contributed by atoms with Crippen molar-refractivity contribution in [1.29, 1.82) is 0 Å². The van der Waals surface area contributed by atoms with Crippen LogP contribution in [0.25, 0.3) is 17.1 Å². The number of pyridine rings is 1. The lowest BCUT2D eigenvalue weighted by Gasteiger charge is -2.30. The minimum atomic E-state index is -0.0599. The summed E-state index contributed by atoms with van der Waals surface area (Å²) in [5, 5.41) is 9.51. The van der Waals surface area contributed by atoms with Crippen LogP contribution in [0.2, 0.25) is 0 Å². The van der Waals surface area contributed by atoms with Crippen molar-refractivity contribution in [2.45, 2.75) is 14.9 Å². The van der Waals surface area contributed by atoms with E-state index < -0.39 is 0 Å². The number of methoxy groups -OCH3 is 2. The van der Waals surface area contributed by atoms with Gasteiger partial charge in [-0.2, -0.15) is 0 Å². The zero-order valence-corrected chi connectivity index (χ0v) is 22.8. The van der Waals surface area contributed by atoms with Gasteiger partial charge >= 0.3 is 0 Å². The van der Waals surface area contributed by atoms with Crippen molar-refractivity contribution >= 4 is 40.8 Å². The third kappa shape index (κ3) is 4.73. The van der Waals surface area contributed by atoms with Gasteiger partial charge < -0.3 is 9.47 Å². The highest BCUT2D eigenvalue weighted by Crippen LogP contribution is 2.48. The van der Waals surface area contributed by atoms with Crippen LogP contribution in [-0.2, 0) is 4.79 Å². The number of rotatable bonds is 7. The summed E-state index contributed by atoms with van der Waals surface area (Å²) in [5.74, 6) is 1.93. The van der Waals surface area contributed by atoms with E-state index >= 15 is 0 Å². The molecule has 10 heteroatoms. The molecule has 2 aromatic heterocycles. The van der Waals surface area contributed by atoms with Gasteiger partial charge in [-0.3, -0.25) is 19.2 Å². The van der Waals surface area contributed by atoms with Crippen molar-refractivity contribution in [3.63, 3.8) is 0 Å². The predicted octanol–water partition coefficient (Wildman–Crippen LogP) is 6.27. The van der Waals surface area contributed by atoms with Crippen LogP contribution in [0.15, 0.2) is 106 Å². The van der Waals surface area contributed by atoms with Crippen molar-refractivity contribution in [2.75, 3.05) is 24.9 Å². The number of ether oxygens (including phenoxy) is 2. The minimum Gasteiger partial charge on any atom is -0.497 e. The third-order valence-electron chi connectivity index (χ3n) is 6.19. The van der Waals surface area contributed by atoms with E-state index in [1.807, 2.05) is 83.4 Å². The molecule has 1 aliphatic heterocycles. The van der Waals surface area contributed by atoms with Crippen LogP contribution in [0.5, 0.6) is 11.5 Å². The average molecular weight is 554 g/mol. The van der Waals surface area contributed by atoms with E-state index in [4.69, 9.17) is 9.47 Å². The zero-order chi connectivity index (χ0) is 26.8. The van der Waals surface area contributed by atoms with E-state index in [2.05, 4.69) is 15.2 Å². The number of para-hydroxylation sites is 2. The van der Waals surface area contributed by atoms with Crippen LogP contribution in [0, 0.1) is 0 Å². The number of amides is 1. The maximum absolute atomic E-state index is 13.8. The first-order chi connectivity index (χ1) is 19.2. The van der Waals surface area contributed by atoms with Crippen LogP contribution >= 0.6 is 23.5 Å².